The Hall–Kier alpha value is -3.00. The molecule has 6 nitrogen and oxygen atoms in total. The van der Waals surface area contributed by atoms with Gasteiger partial charge in [-0.25, -0.2) is 8.42 Å². The van der Waals surface area contributed by atoms with Crippen molar-refractivity contribution in [3.8, 4) is 0 Å². The number of carbonyl (C=O) groups is 1. The Morgan fingerprint density at radius 2 is 1.44 bits per heavy atom. The fourth-order valence-electron chi connectivity index (χ4n) is 4.09. The van der Waals surface area contributed by atoms with Gasteiger partial charge < -0.3 is 10.1 Å². The normalized spacial score (nSPS) is 14.6. The van der Waals surface area contributed by atoms with Crippen molar-refractivity contribution in [2.45, 2.75) is 43.9 Å². The van der Waals surface area contributed by atoms with Crippen molar-refractivity contribution in [3.05, 3.63) is 101 Å². The number of nitrogens with one attached hydrogen (secondary N) is 1. The van der Waals surface area contributed by atoms with Crippen LogP contribution >= 0.6 is 0 Å². The van der Waals surface area contributed by atoms with Crippen LogP contribution in [0.5, 0.6) is 0 Å². The highest BCUT2D eigenvalue weighted by Crippen LogP contribution is 2.23. The SMILES string of the molecule is O=C(NCc1cccc(COCc2ccccc2)c1)c1ccccc1S(=O)(=O)N1CCCCC1. The van der Waals surface area contributed by atoms with E-state index in [4.69, 9.17) is 4.74 Å². The van der Waals surface area contributed by atoms with Gasteiger partial charge in [-0.05, 0) is 41.7 Å². The van der Waals surface area contributed by atoms with Gasteiger partial charge in [-0.2, -0.15) is 4.31 Å². The number of amides is 1. The van der Waals surface area contributed by atoms with E-state index in [0.29, 0.717) is 32.8 Å². The van der Waals surface area contributed by atoms with Gasteiger partial charge in [-0.15, -0.1) is 0 Å². The molecule has 1 aliphatic rings. The van der Waals surface area contributed by atoms with Crippen LogP contribution in [0.4, 0.5) is 0 Å². The quantitative estimate of drug-likeness (QED) is 0.491. The molecular weight excluding hydrogens is 448 g/mol. The predicted octanol–water partition coefficient (Wildman–Crippen LogP) is 4.51. The van der Waals surface area contributed by atoms with Gasteiger partial charge in [-0.3, -0.25) is 4.79 Å². The number of piperidine rings is 1. The molecule has 34 heavy (non-hydrogen) atoms. The van der Waals surface area contributed by atoms with Gasteiger partial charge in [0.2, 0.25) is 10.0 Å². The molecule has 0 radical (unpaired) electrons. The monoisotopic (exact) mass is 478 g/mol. The van der Waals surface area contributed by atoms with E-state index in [9.17, 15) is 13.2 Å². The number of ether oxygens (including phenoxy) is 1. The summed E-state index contributed by atoms with van der Waals surface area (Å²) in [6, 6.07) is 24.3. The third kappa shape index (κ3) is 6.11. The van der Waals surface area contributed by atoms with Crippen molar-refractivity contribution in [1.82, 2.24) is 9.62 Å². The van der Waals surface area contributed by atoms with E-state index in [1.807, 2.05) is 54.6 Å². The van der Waals surface area contributed by atoms with Crippen molar-refractivity contribution < 1.29 is 17.9 Å². The van der Waals surface area contributed by atoms with Crippen LogP contribution in [0, 0.1) is 0 Å². The number of hydrogen-bond acceptors (Lipinski definition) is 4. The lowest BCUT2D eigenvalue weighted by Gasteiger charge is -2.26. The summed E-state index contributed by atoms with van der Waals surface area (Å²) in [4.78, 5) is 13.0. The second-order valence-electron chi connectivity index (χ2n) is 8.44. The smallest absolute Gasteiger partial charge is 0.252 e. The van der Waals surface area contributed by atoms with E-state index in [-0.39, 0.29) is 10.5 Å². The molecule has 1 aliphatic heterocycles. The highest BCUT2D eigenvalue weighted by Gasteiger charge is 2.29. The van der Waals surface area contributed by atoms with Gasteiger partial charge >= 0.3 is 0 Å². The van der Waals surface area contributed by atoms with Crippen molar-refractivity contribution in [2.24, 2.45) is 0 Å². The molecule has 0 aromatic heterocycles. The first-order chi connectivity index (χ1) is 16.5. The molecule has 1 N–H and O–H groups in total. The third-order valence-electron chi connectivity index (χ3n) is 5.89. The minimum atomic E-state index is -3.70. The zero-order valence-corrected chi connectivity index (χ0v) is 20.0. The van der Waals surface area contributed by atoms with Crippen LogP contribution in [-0.4, -0.2) is 31.7 Å². The first-order valence-corrected chi connectivity index (χ1v) is 13.0. The lowest BCUT2D eigenvalue weighted by molar-refractivity contribution is 0.0947. The van der Waals surface area contributed by atoms with Gasteiger partial charge in [-0.1, -0.05) is 73.2 Å². The van der Waals surface area contributed by atoms with Crippen LogP contribution in [-0.2, 0) is 34.5 Å². The first kappa shape index (κ1) is 24.1. The first-order valence-electron chi connectivity index (χ1n) is 11.6. The molecule has 1 fully saturated rings. The minimum Gasteiger partial charge on any atom is -0.372 e. The Balaban J connectivity index is 1.38. The lowest BCUT2D eigenvalue weighted by Crippen LogP contribution is -2.37. The summed E-state index contributed by atoms with van der Waals surface area (Å²) >= 11 is 0. The molecule has 3 aromatic carbocycles. The number of hydrogen-bond donors (Lipinski definition) is 1. The Morgan fingerprint density at radius 3 is 2.24 bits per heavy atom. The van der Waals surface area contributed by atoms with Crippen LogP contribution in [0.2, 0.25) is 0 Å². The second-order valence-corrected chi connectivity index (χ2v) is 10.3. The molecule has 4 rings (SSSR count). The number of benzene rings is 3. The molecule has 1 saturated heterocycles. The number of nitrogens with zero attached hydrogens (tertiary/aromatic N) is 1. The van der Waals surface area contributed by atoms with Gasteiger partial charge in [0.25, 0.3) is 5.91 Å². The summed E-state index contributed by atoms with van der Waals surface area (Å²) in [6.45, 7) is 2.29. The maximum atomic E-state index is 13.2. The lowest BCUT2D eigenvalue weighted by atomic mass is 10.1. The Morgan fingerprint density at radius 1 is 0.794 bits per heavy atom. The molecule has 0 bridgehead atoms. The van der Waals surface area contributed by atoms with Crippen molar-refractivity contribution in [3.63, 3.8) is 0 Å². The highest BCUT2D eigenvalue weighted by molar-refractivity contribution is 7.89. The second kappa shape index (κ2) is 11.4. The molecule has 178 valence electrons. The van der Waals surface area contributed by atoms with Gasteiger partial charge in [0.05, 0.1) is 23.7 Å². The summed E-state index contributed by atoms with van der Waals surface area (Å²) in [5.74, 6) is -0.401. The number of carbonyl (C=O) groups excluding carboxylic acids is 1. The van der Waals surface area contributed by atoms with E-state index < -0.39 is 15.9 Å². The third-order valence-corrected chi connectivity index (χ3v) is 7.85. The zero-order valence-electron chi connectivity index (χ0n) is 19.2. The average molecular weight is 479 g/mol. The van der Waals surface area contributed by atoms with Gasteiger partial charge in [0, 0.05) is 19.6 Å². The molecule has 0 spiro atoms. The molecule has 0 aliphatic carbocycles. The topological polar surface area (TPSA) is 75.7 Å². The van der Waals surface area contributed by atoms with Gasteiger partial charge in [0.1, 0.15) is 0 Å². The van der Waals surface area contributed by atoms with Crippen molar-refractivity contribution >= 4 is 15.9 Å². The summed E-state index contributed by atoms with van der Waals surface area (Å²) in [7, 11) is -3.70. The fraction of sp³-hybridized carbons (Fsp3) is 0.296. The van der Waals surface area contributed by atoms with Crippen LogP contribution in [0.25, 0.3) is 0 Å². The van der Waals surface area contributed by atoms with E-state index >= 15 is 0 Å². The predicted molar refractivity (Wildman–Crippen MR) is 132 cm³/mol. The molecule has 0 saturated carbocycles. The van der Waals surface area contributed by atoms with E-state index in [1.54, 1.807) is 18.2 Å². The van der Waals surface area contributed by atoms with E-state index in [2.05, 4.69) is 5.32 Å². The molecular formula is C27H30N2O4S. The van der Waals surface area contributed by atoms with Crippen LogP contribution in [0.15, 0.2) is 83.8 Å². The molecule has 1 heterocycles. The molecule has 3 aromatic rings. The van der Waals surface area contributed by atoms with E-state index in [0.717, 1.165) is 36.0 Å². The summed E-state index contributed by atoms with van der Waals surface area (Å²) in [5.41, 5.74) is 3.22. The molecule has 0 atom stereocenters. The highest BCUT2D eigenvalue weighted by atomic mass is 32.2. The summed E-state index contributed by atoms with van der Waals surface area (Å²) in [5, 5.41) is 2.88. The number of sulfonamides is 1. The Bertz CT molecular complexity index is 1210. The Kier molecular flexibility index (Phi) is 8.11. The molecule has 1 amide bonds. The van der Waals surface area contributed by atoms with Crippen LogP contribution in [0.1, 0.15) is 46.3 Å². The van der Waals surface area contributed by atoms with Crippen molar-refractivity contribution in [2.75, 3.05) is 13.1 Å². The van der Waals surface area contributed by atoms with E-state index in [1.165, 1.54) is 10.4 Å². The van der Waals surface area contributed by atoms with Crippen LogP contribution < -0.4 is 5.32 Å². The standard InChI is InChI=1S/C27H30N2O4S/c30-27(25-14-5-6-15-26(25)34(31,32)29-16-7-2-8-17-29)28-19-23-12-9-13-24(18-23)21-33-20-22-10-3-1-4-11-22/h1,3-6,9-15,18H,2,7-8,16-17,19-21H2,(H,28,30). The van der Waals surface area contributed by atoms with Gasteiger partial charge in [0.15, 0.2) is 0 Å². The van der Waals surface area contributed by atoms with Crippen LogP contribution in [0.3, 0.4) is 0 Å². The maximum Gasteiger partial charge on any atom is 0.252 e. The Labute approximate surface area is 201 Å². The minimum absolute atomic E-state index is 0.0671. The number of rotatable bonds is 9. The fourth-order valence-corrected chi connectivity index (χ4v) is 5.80. The maximum absolute atomic E-state index is 13.2. The summed E-state index contributed by atoms with van der Waals surface area (Å²) < 4.78 is 33.6. The zero-order chi connectivity index (χ0) is 23.8. The largest absolute Gasteiger partial charge is 0.372 e. The average Bonchev–Trinajstić information content (AvgIpc) is 2.89. The molecule has 7 heteroatoms. The summed E-state index contributed by atoms with van der Waals surface area (Å²) in [6.07, 6.45) is 2.72. The molecule has 0 unspecified atom stereocenters. The van der Waals surface area contributed by atoms with Crippen molar-refractivity contribution in [1.29, 1.82) is 0 Å².